The number of hydrogen-bond donors (Lipinski definition) is 0. The zero-order valence-electron chi connectivity index (χ0n) is 19.4. The van der Waals surface area contributed by atoms with Crippen LogP contribution >= 0.6 is 0 Å². The van der Waals surface area contributed by atoms with Gasteiger partial charge in [0.15, 0.2) is 11.5 Å². The number of nitrogens with zero attached hydrogens (tertiary/aromatic N) is 3. The number of carbonyl (C=O) groups excluding carboxylic acids is 4. The molecule has 2 aliphatic rings. The summed E-state index contributed by atoms with van der Waals surface area (Å²) in [5.41, 5.74) is 0.811. The average molecular weight is 458 g/mol. The highest BCUT2D eigenvalue weighted by Crippen LogP contribution is 2.29. The van der Waals surface area contributed by atoms with Gasteiger partial charge in [0, 0.05) is 45.1 Å². The summed E-state index contributed by atoms with van der Waals surface area (Å²) < 4.78 is 11.2. The highest BCUT2D eigenvalue weighted by Gasteiger charge is 2.32. The number of likely N-dealkylation sites (tertiary alicyclic amines) is 1. The van der Waals surface area contributed by atoms with Crippen molar-refractivity contribution < 1.29 is 28.7 Å². The molecule has 9 nitrogen and oxygen atoms in total. The first-order chi connectivity index (χ1) is 15.8. The van der Waals surface area contributed by atoms with Crippen LogP contribution in [0.3, 0.4) is 0 Å². The molecule has 4 amide bonds. The number of methoxy groups -OCH3 is 1. The number of benzene rings is 1. The number of carbonyl (C=O) groups is 4. The average Bonchev–Trinajstić information content (AvgIpc) is 3.13. The number of piperazine rings is 1. The van der Waals surface area contributed by atoms with E-state index in [9.17, 15) is 19.2 Å². The fraction of sp³-hybridized carbons (Fsp3) is 0.500. The topological polar surface area (TPSA) is 96.5 Å². The second-order valence-corrected chi connectivity index (χ2v) is 8.53. The van der Waals surface area contributed by atoms with E-state index in [0.717, 1.165) is 10.5 Å². The first-order valence-electron chi connectivity index (χ1n) is 11.2. The summed E-state index contributed by atoms with van der Waals surface area (Å²) >= 11 is 0. The van der Waals surface area contributed by atoms with E-state index in [0.29, 0.717) is 50.2 Å². The Morgan fingerprint density at radius 1 is 1.00 bits per heavy atom. The van der Waals surface area contributed by atoms with Gasteiger partial charge in [-0.3, -0.25) is 24.1 Å². The van der Waals surface area contributed by atoms with E-state index >= 15 is 0 Å². The van der Waals surface area contributed by atoms with E-state index in [2.05, 4.69) is 13.8 Å². The van der Waals surface area contributed by atoms with Crippen molar-refractivity contribution in [3.63, 3.8) is 0 Å². The number of ether oxygens (including phenoxy) is 2. The lowest BCUT2D eigenvalue weighted by Crippen LogP contribution is -2.52. The maximum absolute atomic E-state index is 12.6. The summed E-state index contributed by atoms with van der Waals surface area (Å²) in [6, 6.07) is 5.50. The van der Waals surface area contributed by atoms with Gasteiger partial charge < -0.3 is 19.3 Å². The van der Waals surface area contributed by atoms with Gasteiger partial charge in [0.05, 0.1) is 13.7 Å². The van der Waals surface area contributed by atoms with Crippen molar-refractivity contribution in [2.24, 2.45) is 5.92 Å². The molecular formula is C24H31N3O6. The SMILES string of the molecule is COc1cc(/C=C/C(=O)N2CCN(C(=O)CN3C(=O)CCC3=O)CC2)ccc1OCC(C)C. The Morgan fingerprint density at radius 2 is 1.64 bits per heavy atom. The smallest absolute Gasteiger partial charge is 0.246 e. The van der Waals surface area contributed by atoms with Crippen LogP contribution in [0.2, 0.25) is 0 Å². The molecule has 1 aromatic rings. The lowest BCUT2D eigenvalue weighted by molar-refractivity contribution is -0.146. The minimum atomic E-state index is -0.302. The van der Waals surface area contributed by atoms with E-state index in [-0.39, 0.29) is 43.0 Å². The Balaban J connectivity index is 1.51. The third-order valence-electron chi connectivity index (χ3n) is 5.57. The molecule has 1 aromatic carbocycles. The molecule has 0 radical (unpaired) electrons. The summed E-state index contributed by atoms with van der Waals surface area (Å²) in [4.78, 5) is 52.7. The van der Waals surface area contributed by atoms with E-state index in [4.69, 9.17) is 9.47 Å². The molecule has 0 aliphatic carbocycles. The molecule has 0 bridgehead atoms. The van der Waals surface area contributed by atoms with Gasteiger partial charge in [-0.25, -0.2) is 0 Å². The molecule has 3 rings (SSSR count). The molecular weight excluding hydrogens is 426 g/mol. The zero-order chi connectivity index (χ0) is 24.0. The van der Waals surface area contributed by atoms with E-state index in [1.165, 1.54) is 6.08 Å². The van der Waals surface area contributed by atoms with E-state index in [1.807, 2.05) is 18.2 Å². The summed E-state index contributed by atoms with van der Waals surface area (Å²) in [6.07, 6.45) is 3.56. The summed E-state index contributed by atoms with van der Waals surface area (Å²) in [7, 11) is 1.58. The normalized spacial score (nSPS) is 16.8. The van der Waals surface area contributed by atoms with Crippen LogP contribution in [0.25, 0.3) is 6.08 Å². The molecule has 2 fully saturated rings. The third-order valence-corrected chi connectivity index (χ3v) is 5.57. The Labute approximate surface area is 193 Å². The van der Waals surface area contributed by atoms with Gasteiger partial charge in [-0.2, -0.15) is 0 Å². The predicted octanol–water partition coefficient (Wildman–Crippen LogP) is 1.56. The molecule has 0 saturated carbocycles. The lowest BCUT2D eigenvalue weighted by Gasteiger charge is -2.34. The third kappa shape index (κ3) is 6.34. The van der Waals surface area contributed by atoms with Crippen molar-refractivity contribution in [3.8, 4) is 11.5 Å². The molecule has 2 heterocycles. The van der Waals surface area contributed by atoms with Crippen LogP contribution in [0.5, 0.6) is 11.5 Å². The molecule has 0 N–H and O–H groups in total. The fourth-order valence-corrected chi connectivity index (χ4v) is 3.65. The first kappa shape index (κ1) is 24.3. The van der Waals surface area contributed by atoms with E-state index < -0.39 is 0 Å². The number of amides is 4. The van der Waals surface area contributed by atoms with E-state index in [1.54, 1.807) is 23.0 Å². The molecule has 178 valence electrons. The molecule has 0 unspecified atom stereocenters. The maximum atomic E-state index is 12.6. The highest BCUT2D eigenvalue weighted by atomic mass is 16.5. The second kappa shape index (κ2) is 11.0. The minimum Gasteiger partial charge on any atom is -0.493 e. The van der Waals surface area contributed by atoms with Gasteiger partial charge in [-0.1, -0.05) is 19.9 Å². The summed E-state index contributed by atoms with van der Waals surface area (Å²) in [6.45, 7) is 6.02. The van der Waals surface area contributed by atoms with Crippen LogP contribution in [0.1, 0.15) is 32.3 Å². The standard InChI is InChI=1S/C24H31N3O6/c1-17(2)16-33-19-6-4-18(14-20(19)32-3)5-7-21(28)25-10-12-26(13-11-25)24(31)15-27-22(29)8-9-23(27)30/h4-7,14,17H,8-13,15-16H2,1-3H3/b7-5+. The molecule has 2 aliphatic heterocycles. The summed E-state index contributed by atoms with van der Waals surface area (Å²) in [5.74, 6) is 0.638. The van der Waals surface area contributed by atoms with Gasteiger partial charge in [-0.15, -0.1) is 0 Å². The summed E-state index contributed by atoms with van der Waals surface area (Å²) in [5, 5.41) is 0. The largest absolute Gasteiger partial charge is 0.493 e. The van der Waals surface area contributed by atoms with Crippen molar-refractivity contribution in [1.29, 1.82) is 0 Å². The Morgan fingerprint density at radius 3 is 2.24 bits per heavy atom. The molecule has 0 atom stereocenters. The number of hydrogen-bond acceptors (Lipinski definition) is 6. The van der Waals surface area contributed by atoms with Crippen molar-refractivity contribution in [3.05, 3.63) is 29.8 Å². The second-order valence-electron chi connectivity index (χ2n) is 8.53. The van der Waals surface area contributed by atoms with Crippen LogP contribution in [0.15, 0.2) is 24.3 Å². The molecule has 2 saturated heterocycles. The molecule has 0 aromatic heterocycles. The quantitative estimate of drug-likeness (QED) is 0.434. The Kier molecular flexibility index (Phi) is 8.08. The van der Waals surface area contributed by atoms with Crippen molar-refractivity contribution >= 4 is 29.7 Å². The highest BCUT2D eigenvalue weighted by molar-refractivity contribution is 6.04. The Bertz CT molecular complexity index is 918. The van der Waals surface area contributed by atoms with Crippen LogP contribution in [0, 0.1) is 5.92 Å². The fourth-order valence-electron chi connectivity index (χ4n) is 3.65. The van der Waals surface area contributed by atoms with Gasteiger partial charge in [-0.05, 0) is 29.7 Å². The van der Waals surface area contributed by atoms with Crippen molar-refractivity contribution in [2.45, 2.75) is 26.7 Å². The first-order valence-corrected chi connectivity index (χ1v) is 11.2. The van der Waals surface area contributed by atoms with Gasteiger partial charge in [0.2, 0.25) is 23.6 Å². The van der Waals surface area contributed by atoms with Crippen LogP contribution in [-0.4, -0.2) is 84.8 Å². The number of imide groups is 1. The molecule has 0 spiro atoms. The molecule has 33 heavy (non-hydrogen) atoms. The van der Waals surface area contributed by atoms with Gasteiger partial charge in [0.25, 0.3) is 0 Å². The Hall–Kier alpha value is -3.36. The zero-order valence-corrected chi connectivity index (χ0v) is 19.4. The van der Waals surface area contributed by atoms with Gasteiger partial charge >= 0.3 is 0 Å². The van der Waals surface area contributed by atoms with Gasteiger partial charge in [0.1, 0.15) is 6.54 Å². The van der Waals surface area contributed by atoms with Crippen molar-refractivity contribution in [1.82, 2.24) is 14.7 Å². The van der Waals surface area contributed by atoms with Crippen LogP contribution < -0.4 is 9.47 Å². The monoisotopic (exact) mass is 457 g/mol. The molecule has 9 heteroatoms. The van der Waals surface area contributed by atoms with Crippen LogP contribution in [-0.2, 0) is 19.2 Å². The van der Waals surface area contributed by atoms with Crippen molar-refractivity contribution in [2.75, 3.05) is 46.4 Å². The number of rotatable bonds is 8. The minimum absolute atomic E-state index is 0.147. The lowest BCUT2D eigenvalue weighted by atomic mass is 10.1. The maximum Gasteiger partial charge on any atom is 0.246 e. The predicted molar refractivity (Wildman–Crippen MR) is 121 cm³/mol. The van der Waals surface area contributed by atoms with Crippen LogP contribution in [0.4, 0.5) is 0 Å².